The smallest absolute Gasteiger partial charge is 0.0454 e. The predicted molar refractivity (Wildman–Crippen MR) is 89.8 cm³/mol. The molecule has 104 valence electrons. The molecule has 3 rings (SSSR count). The van der Waals surface area contributed by atoms with Crippen LogP contribution in [0.5, 0.6) is 0 Å². The molecule has 1 aliphatic carbocycles. The second-order valence-electron chi connectivity index (χ2n) is 5.33. The molecule has 20 heavy (non-hydrogen) atoms. The Morgan fingerprint density at radius 1 is 1.25 bits per heavy atom. The Morgan fingerprint density at radius 3 is 2.60 bits per heavy atom. The van der Waals surface area contributed by atoms with Crippen LogP contribution in [-0.4, -0.2) is 4.98 Å². The van der Waals surface area contributed by atoms with E-state index in [2.05, 4.69) is 48.0 Å². The molecule has 1 N–H and O–H groups in total. The molecule has 0 amide bonds. The number of aromatic nitrogens is 1. The van der Waals surface area contributed by atoms with Crippen LogP contribution in [0.2, 0.25) is 0 Å². The minimum atomic E-state index is 1.19. The summed E-state index contributed by atoms with van der Waals surface area (Å²) in [6, 6.07) is 8.47. The van der Waals surface area contributed by atoms with Crippen LogP contribution in [0.1, 0.15) is 38.7 Å². The van der Waals surface area contributed by atoms with Gasteiger partial charge >= 0.3 is 0 Å². The van der Waals surface area contributed by atoms with Gasteiger partial charge in [0.05, 0.1) is 0 Å². The maximum Gasteiger partial charge on any atom is 0.0454 e. The first-order valence-corrected chi connectivity index (χ1v) is 7.24. The fraction of sp³-hybridized carbons (Fsp3) is 0.263. The molecule has 1 heteroatoms. The molecule has 0 bridgehead atoms. The molecule has 1 aromatic carbocycles. The molecule has 0 spiro atoms. The standard InChI is InChI=1S/C11H11N.C8H12/c1-2-3-9-4-5-11-10(8-9)6-7-12-11;1-7(2)6-8-4-3-5-8/h2-8,12H,1H3;6H,1,3-5H2,2H3/b3-2+;. The number of fused-ring (bicyclic) bond motifs is 1. The van der Waals surface area contributed by atoms with Gasteiger partial charge in [-0.1, -0.05) is 42.0 Å². The summed E-state index contributed by atoms with van der Waals surface area (Å²) in [5.74, 6) is 0. The number of nitrogens with one attached hydrogen (secondary N) is 1. The fourth-order valence-corrected chi connectivity index (χ4v) is 2.24. The van der Waals surface area contributed by atoms with E-state index in [4.69, 9.17) is 0 Å². The number of hydrogen-bond donors (Lipinski definition) is 1. The molecule has 0 unspecified atom stereocenters. The lowest BCUT2D eigenvalue weighted by Crippen LogP contribution is -1.95. The van der Waals surface area contributed by atoms with Gasteiger partial charge in [-0.05, 0) is 62.3 Å². The van der Waals surface area contributed by atoms with E-state index in [1.165, 1.54) is 41.3 Å². The van der Waals surface area contributed by atoms with Crippen molar-refractivity contribution < 1.29 is 0 Å². The van der Waals surface area contributed by atoms with Gasteiger partial charge in [0.15, 0.2) is 0 Å². The number of rotatable bonds is 2. The Labute approximate surface area is 121 Å². The van der Waals surface area contributed by atoms with Crippen LogP contribution < -0.4 is 0 Å². The van der Waals surface area contributed by atoms with Gasteiger partial charge in [0.2, 0.25) is 0 Å². The van der Waals surface area contributed by atoms with Crippen LogP contribution in [0.15, 0.2) is 60.3 Å². The van der Waals surface area contributed by atoms with Gasteiger partial charge in [-0.15, -0.1) is 0 Å². The van der Waals surface area contributed by atoms with Crippen molar-refractivity contribution in [2.24, 2.45) is 0 Å². The highest BCUT2D eigenvalue weighted by atomic mass is 14.7. The lowest BCUT2D eigenvalue weighted by atomic mass is 9.91. The van der Waals surface area contributed by atoms with Crippen molar-refractivity contribution in [3.63, 3.8) is 0 Å². The van der Waals surface area contributed by atoms with E-state index in [1.807, 2.05) is 26.1 Å². The van der Waals surface area contributed by atoms with Crippen molar-refractivity contribution >= 4 is 17.0 Å². The average molecular weight is 265 g/mol. The van der Waals surface area contributed by atoms with Gasteiger partial charge in [-0.3, -0.25) is 0 Å². The quantitative estimate of drug-likeness (QED) is 0.698. The monoisotopic (exact) mass is 265 g/mol. The number of benzene rings is 1. The van der Waals surface area contributed by atoms with Crippen LogP contribution in [0, 0.1) is 0 Å². The Kier molecular flexibility index (Phi) is 5.00. The van der Waals surface area contributed by atoms with Crippen LogP contribution in [0.4, 0.5) is 0 Å². The topological polar surface area (TPSA) is 15.8 Å². The zero-order chi connectivity index (χ0) is 14.4. The van der Waals surface area contributed by atoms with Crippen molar-refractivity contribution in [1.29, 1.82) is 0 Å². The lowest BCUT2D eigenvalue weighted by Gasteiger charge is -2.15. The van der Waals surface area contributed by atoms with Crippen molar-refractivity contribution in [2.75, 3.05) is 0 Å². The van der Waals surface area contributed by atoms with Crippen LogP contribution in [0.3, 0.4) is 0 Å². The summed E-state index contributed by atoms with van der Waals surface area (Å²) in [5.41, 5.74) is 5.23. The highest BCUT2D eigenvalue weighted by molar-refractivity contribution is 5.81. The molecule has 1 aliphatic rings. The van der Waals surface area contributed by atoms with E-state index >= 15 is 0 Å². The maximum absolute atomic E-state index is 3.80. The highest BCUT2D eigenvalue weighted by Gasteiger charge is 2.06. The summed E-state index contributed by atoms with van der Waals surface area (Å²) in [4.78, 5) is 3.16. The highest BCUT2D eigenvalue weighted by Crippen LogP contribution is 2.25. The van der Waals surface area contributed by atoms with Gasteiger partial charge < -0.3 is 4.98 Å². The van der Waals surface area contributed by atoms with Crippen LogP contribution >= 0.6 is 0 Å². The number of H-pyrrole nitrogens is 1. The number of hydrogen-bond acceptors (Lipinski definition) is 0. The molecule has 0 atom stereocenters. The Hall–Kier alpha value is -2.02. The summed E-state index contributed by atoms with van der Waals surface area (Å²) >= 11 is 0. The molecular weight excluding hydrogens is 242 g/mol. The maximum atomic E-state index is 3.80. The molecule has 1 saturated carbocycles. The molecule has 0 aliphatic heterocycles. The van der Waals surface area contributed by atoms with Gasteiger partial charge in [-0.25, -0.2) is 0 Å². The van der Waals surface area contributed by atoms with Gasteiger partial charge in [0.1, 0.15) is 0 Å². The van der Waals surface area contributed by atoms with E-state index in [9.17, 15) is 0 Å². The van der Waals surface area contributed by atoms with Crippen LogP contribution in [-0.2, 0) is 0 Å². The zero-order valence-corrected chi connectivity index (χ0v) is 12.4. The second-order valence-corrected chi connectivity index (χ2v) is 5.33. The molecule has 1 heterocycles. The summed E-state index contributed by atoms with van der Waals surface area (Å²) in [5, 5.41) is 1.27. The second kappa shape index (κ2) is 6.95. The Bertz CT molecular complexity index is 635. The van der Waals surface area contributed by atoms with Crippen LogP contribution in [0.25, 0.3) is 17.0 Å². The Morgan fingerprint density at radius 2 is 2.05 bits per heavy atom. The third kappa shape index (κ3) is 3.99. The van der Waals surface area contributed by atoms with E-state index in [1.54, 1.807) is 5.57 Å². The first kappa shape index (κ1) is 14.4. The summed E-state index contributed by atoms with van der Waals surface area (Å²) in [6.45, 7) is 7.88. The third-order valence-electron chi connectivity index (χ3n) is 3.38. The molecule has 2 aromatic rings. The number of allylic oxidation sites excluding steroid dienone is 4. The summed E-state index contributed by atoms with van der Waals surface area (Å²) < 4.78 is 0. The summed E-state index contributed by atoms with van der Waals surface area (Å²) in [7, 11) is 0. The largest absolute Gasteiger partial charge is 0.361 e. The van der Waals surface area contributed by atoms with E-state index in [0.29, 0.717) is 0 Å². The SMILES string of the molecule is C/C=C/c1ccc2[nH]ccc2c1.C=C(C)C=C1CCC1. The molecule has 1 aromatic heterocycles. The minimum Gasteiger partial charge on any atom is -0.361 e. The zero-order valence-electron chi connectivity index (χ0n) is 12.4. The van der Waals surface area contributed by atoms with Crippen molar-refractivity contribution in [1.82, 2.24) is 4.98 Å². The normalized spacial score (nSPS) is 13.8. The first-order chi connectivity index (χ1) is 9.69. The molecule has 1 fully saturated rings. The predicted octanol–water partition coefficient (Wildman–Crippen LogP) is 5.87. The molecular formula is C19H23N. The van der Waals surface area contributed by atoms with Gasteiger partial charge in [0.25, 0.3) is 0 Å². The minimum absolute atomic E-state index is 1.19. The van der Waals surface area contributed by atoms with Crippen molar-refractivity contribution in [3.05, 3.63) is 65.9 Å². The van der Waals surface area contributed by atoms with Gasteiger partial charge in [-0.2, -0.15) is 0 Å². The third-order valence-corrected chi connectivity index (χ3v) is 3.38. The summed E-state index contributed by atoms with van der Waals surface area (Å²) in [6.07, 6.45) is 12.3. The lowest BCUT2D eigenvalue weighted by molar-refractivity contribution is 0.662. The average Bonchev–Trinajstić information content (AvgIpc) is 2.82. The Balaban J connectivity index is 0.000000160. The fourth-order valence-electron chi connectivity index (χ4n) is 2.24. The molecule has 1 nitrogen and oxygen atoms in total. The first-order valence-electron chi connectivity index (χ1n) is 7.24. The van der Waals surface area contributed by atoms with E-state index in [-0.39, 0.29) is 0 Å². The van der Waals surface area contributed by atoms with E-state index < -0.39 is 0 Å². The molecule has 0 saturated heterocycles. The van der Waals surface area contributed by atoms with Gasteiger partial charge in [0, 0.05) is 11.7 Å². The molecule has 0 radical (unpaired) electrons. The number of aromatic amines is 1. The van der Waals surface area contributed by atoms with E-state index in [0.717, 1.165) is 0 Å². The van der Waals surface area contributed by atoms with Crippen molar-refractivity contribution in [2.45, 2.75) is 33.1 Å². The van der Waals surface area contributed by atoms with Crippen molar-refractivity contribution in [3.8, 4) is 0 Å².